The molecule has 0 aliphatic heterocycles. The van der Waals surface area contributed by atoms with Crippen LogP contribution in [-0.4, -0.2) is 34.1 Å². The van der Waals surface area contributed by atoms with Crippen LogP contribution in [0.4, 0.5) is 5.69 Å². The van der Waals surface area contributed by atoms with Crippen LogP contribution < -0.4 is 9.04 Å². The number of nitrogens with zero attached hydrogens (tertiary/aromatic N) is 1. The molecule has 6 nitrogen and oxygen atoms in total. The van der Waals surface area contributed by atoms with Crippen molar-refractivity contribution in [3.05, 3.63) is 53.1 Å². The first-order valence-electron chi connectivity index (χ1n) is 8.47. The predicted molar refractivity (Wildman–Crippen MR) is 105 cm³/mol. The summed E-state index contributed by atoms with van der Waals surface area (Å²) in [4.78, 5) is 12.1. The van der Waals surface area contributed by atoms with Crippen LogP contribution >= 0.6 is 11.6 Å². The van der Waals surface area contributed by atoms with Gasteiger partial charge in [-0.15, -0.1) is 0 Å². The van der Waals surface area contributed by atoms with Crippen LogP contribution in [0.2, 0.25) is 5.02 Å². The Labute approximate surface area is 164 Å². The summed E-state index contributed by atoms with van der Waals surface area (Å²) in [6.45, 7) is 5.44. The van der Waals surface area contributed by atoms with Crippen molar-refractivity contribution in [2.45, 2.75) is 25.7 Å². The van der Waals surface area contributed by atoms with Gasteiger partial charge >= 0.3 is 5.97 Å². The average Bonchev–Trinajstić information content (AvgIpc) is 2.61. The van der Waals surface area contributed by atoms with E-state index in [2.05, 4.69) is 0 Å². The minimum atomic E-state index is -4.00. The maximum Gasteiger partial charge on any atom is 0.326 e. The number of ether oxygens (including phenoxy) is 2. The van der Waals surface area contributed by atoms with Crippen molar-refractivity contribution >= 4 is 33.3 Å². The molecule has 0 radical (unpaired) electrons. The van der Waals surface area contributed by atoms with E-state index in [9.17, 15) is 13.2 Å². The van der Waals surface area contributed by atoms with E-state index in [1.54, 1.807) is 44.2 Å². The Balaban J connectivity index is 2.48. The third kappa shape index (κ3) is 5.14. The molecule has 2 rings (SSSR count). The van der Waals surface area contributed by atoms with Crippen LogP contribution in [0.25, 0.3) is 0 Å². The largest absolute Gasteiger partial charge is 0.494 e. The molecule has 0 amide bonds. The lowest BCUT2D eigenvalue weighted by Gasteiger charge is -2.25. The van der Waals surface area contributed by atoms with E-state index in [1.807, 2.05) is 6.92 Å². The SMILES string of the molecule is CCOC(=O)CN(c1ccc(Cl)cc1C)S(=O)(=O)c1ccc(OCC)cc1. The number of hydrogen-bond donors (Lipinski definition) is 0. The minimum absolute atomic E-state index is 0.0459. The second-order valence-corrected chi connectivity index (χ2v) is 7.95. The lowest BCUT2D eigenvalue weighted by Crippen LogP contribution is -2.37. The summed E-state index contributed by atoms with van der Waals surface area (Å²) in [6, 6.07) is 10.8. The number of halogens is 1. The quantitative estimate of drug-likeness (QED) is 0.617. The zero-order valence-electron chi connectivity index (χ0n) is 15.4. The Morgan fingerprint density at radius 1 is 1.07 bits per heavy atom. The zero-order chi connectivity index (χ0) is 20.0. The second-order valence-electron chi connectivity index (χ2n) is 5.65. The lowest BCUT2D eigenvalue weighted by atomic mass is 10.2. The fraction of sp³-hybridized carbons (Fsp3) is 0.316. The number of anilines is 1. The van der Waals surface area contributed by atoms with Gasteiger partial charge in [0.25, 0.3) is 10.0 Å². The first-order chi connectivity index (χ1) is 12.8. The summed E-state index contributed by atoms with van der Waals surface area (Å²) in [5, 5.41) is 0.478. The van der Waals surface area contributed by atoms with Gasteiger partial charge in [0.1, 0.15) is 12.3 Å². The molecule has 0 fully saturated rings. The Kier molecular flexibility index (Phi) is 7.10. The van der Waals surface area contributed by atoms with E-state index >= 15 is 0 Å². The first kappa shape index (κ1) is 21.1. The van der Waals surface area contributed by atoms with Crippen molar-refractivity contribution in [1.82, 2.24) is 0 Å². The van der Waals surface area contributed by atoms with Crippen LogP contribution in [-0.2, 0) is 19.6 Å². The van der Waals surface area contributed by atoms with Gasteiger partial charge in [-0.3, -0.25) is 9.10 Å². The van der Waals surface area contributed by atoms with Gasteiger partial charge < -0.3 is 9.47 Å². The molecule has 8 heteroatoms. The molecule has 0 saturated heterocycles. The fourth-order valence-electron chi connectivity index (χ4n) is 2.52. The third-order valence-corrected chi connectivity index (χ3v) is 5.74. The van der Waals surface area contributed by atoms with Gasteiger partial charge in [0.15, 0.2) is 0 Å². The van der Waals surface area contributed by atoms with Crippen LogP contribution in [0.1, 0.15) is 19.4 Å². The standard InChI is InChI=1S/C19H22ClNO5S/c1-4-25-16-7-9-17(10-8-16)27(23,24)21(13-19(22)26-5-2)18-11-6-15(20)12-14(18)3/h6-12H,4-5,13H2,1-3H3. The van der Waals surface area contributed by atoms with Gasteiger partial charge in [-0.2, -0.15) is 0 Å². The predicted octanol–water partition coefficient (Wildman–Crippen LogP) is 3.81. The van der Waals surface area contributed by atoms with E-state index in [4.69, 9.17) is 21.1 Å². The van der Waals surface area contributed by atoms with Crippen LogP contribution in [0.5, 0.6) is 5.75 Å². The van der Waals surface area contributed by atoms with Crippen LogP contribution in [0, 0.1) is 6.92 Å². The smallest absolute Gasteiger partial charge is 0.326 e. The zero-order valence-corrected chi connectivity index (χ0v) is 17.0. The minimum Gasteiger partial charge on any atom is -0.494 e. The van der Waals surface area contributed by atoms with Crippen molar-refractivity contribution in [3.63, 3.8) is 0 Å². The maximum absolute atomic E-state index is 13.2. The van der Waals surface area contributed by atoms with Gasteiger partial charge in [-0.25, -0.2) is 8.42 Å². The molecule has 146 valence electrons. The van der Waals surface area contributed by atoms with E-state index in [1.165, 1.54) is 12.1 Å². The van der Waals surface area contributed by atoms with Crippen molar-refractivity contribution in [1.29, 1.82) is 0 Å². The molecule has 0 heterocycles. The molecule has 2 aromatic carbocycles. The molecule has 0 aliphatic rings. The van der Waals surface area contributed by atoms with Gasteiger partial charge in [0.05, 0.1) is 23.8 Å². The molecular formula is C19H22ClNO5S. The number of carbonyl (C=O) groups is 1. The second kappa shape index (κ2) is 9.10. The highest BCUT2D eigenvalue weighted by Gasteiger charge is 2.29. The van der Waals surface area contributed by atoms with Crippen molar-refractivity contribution in [2.75, 3.05) is 24.1 Å². The number of esters is 1. The number of benzene rings is 2. The normalized spacial score (nSPS) is 11.1. The Morgan fingerprint density at radius 2 is 1.74 bits per heavy atom. The van der Waals surface area contributed by atoms with Gasteiger partial charge in [0, 0.05) is 5.02 Å². The maximum atomic E-state index is 13.2. The number of hydrogen-bond acceptors (Lipinski definition) is 5. The molecule has 0 unspecified atom stereocenters. The number of carbonyl (C=O) groups excluding carboxylic acids is 1. The summed E-state index contributed by atoms with van der Waals surface area (Å²) < 4.78 is 37.8. The molecule has 27 heavy (non-hydrogen) atoms. The monoisotopic (exact) mass is 411 g/mol. The van der Waals surface area contributed by atoms with Crippen LogP contribution in [0.3, 0.4) is 0 Å². The van der Waals surface area contributed by atoms with Crippen LogP contribution in [0.15, 0.2) is 47.4 Å². The molecule has 0 spiro atoms. The Hall–Kier alpha value is -2.25. The highest BCUT2D eigenvalue weighted by atomic mass is 35.5. The summed E-state index contributed by atoms with van der Waals surface area (Å²) in [7, 11) is -4.00. The topological polar surface area (TPSA) is 72.9 Å². The van der Waals surface area contributed by atoms with Gasteiger partial charge in [-0.1, -0.05) is 11.6 Å². The number of rotatable bonds is 8. The molecule has 0 bridgehead atoms. The van der Waals surface area contributed by atoms with E-state index < -0.39 is 22.5 Å². The van der Waals surface area contributed by atoms with E-state index in [-0.39, 0.29) is 11.5 Å². The molecule has 2 aromatic rings. The first-order valence-corrected chi connectivity index (χ1v) is 10.3. The fourth-order valence-corrected chi connectivity index (χ4v) is 4.22. The Bertz CT molecular complexity index is 897. The number of sulfonamides is 1. The van der Waals surface area contributed by atoms with Crippen molar-refractivity contribution < 1.29 is 22.7 Å². The summed E-state index contributed by atoms with van der Waals surface area (Å²) in [5.41, 5.74) is 0.989. The van der Waals surface area contributed by atoms with E-state index in [0.717, 1.165) is 4.31 Å². The molecule has 0 N–H and O–H groups in total. The summed E-state index contributed by atoms with van der Waals surface area (Å²) >= 11 is 5.98. The molecule has 0 atom stereocenters. The van der Waals surface area contributed by atoms with Gasteiger partial charge in [0.2, 0.25) is 0 Å². The third-order valence-electron chi connectivity index (χ3n) is 3.73. The van der Waals surface area contributed by atoms with Crippen molar-refractivity contribution in [3.8, 4) is 5.75 Å². The molecule has 0 aliphatic carbocycles. The van der Waals surface area contributed by atoms with Crippen molar-refractivity contribution in [2.24, 2.45) is 0 Å². The average molecular weight is 412 g/mol. The summed E-state index contributed by atoms with van der Waals surface area (Å²) in [5.74, 6) is -0.0718. The van der Waals surface area contributed by atoms with Gasteiger partial charge in [-0.05, 0) is 68.8 Å². The Morgan fingerprint density at radius 3 is 2.30 bits per heavy atom. The molecule has 0 aromatic heterocycles. The van der Waals surface area contributed by atoms with E-state index in [0.29, 0.717) is 28.6 Å². The molecule has 0 saturated carbocycles. The summed E-state index contributed by atoms with van der Waals surface area (Å²) in [6.07, 6.45) is 0. The number of aryl methyl sites for hydroxylation is 1. The lowest BCUT2D eigenvalue weighted by molar-refractivity contribution is -0.141. The molecular weight excluding hydrogens is 390 g/mol. The highest BCUT2D eigenvalue weighted by molar-refractivity contribution is 7.92. The highest BCUT2D eigenvalue weighted by Crippen LogP contribution is 2.29.